The van der Waals surface area contributed by atoms with Gasteiger partial charge in [0, 0.05) is 37.7 Å². The Kier molecular flexibility index (Phi) is 7.62. The number of amides is 2. The molecule has 1 heterocycles. The molecule has 2 aromatic carbocycles. The van der Waals surface area contributed by atoms with Crippen molar-refractivity contribution >= 4 is 27.5 Å². The zero-order valence-corrected chi connectivity index (χ0v) is 21.5. The van der Waals surface area contributed by atoms with E-state index in [2.05, 4.69) is 10.0 Å². The van der Waals surface area contributed by atoms with E-state index in [-0.39, 0.29) is 34.6 Å². The molecule has 1 saturated carbocycles. The maximum absolute atomic E-state index is 12.9. The number of nitrogens with zero attached hydrogens (tertiary/aromatic N) is 1. The van der Waals surface area contributed by atoms with Crippen molar-refractivity contribution in [3.8, 4) is 0 Å². The van der Waals surface area contributed by atoms with E-state index in [9.17, 15) is 18.0 Å². The molecule has 0 aromatic heterocycles. The molecule has 1 aliphatic carbocycles. The Morgan fingerprint density at radius 1 is 1.03 bits per heavy atom. The minimum Gasteiger partial charge on any atom is -0.352 e. The van der Waals surface area contributed by atoms with E-state index in [1.54, 1.807) is 23.1 Å². The third-order valence-electron chi connectivity index (χ3n) is 7.28. The fourth-order valence-electron chi connectivity index (χ4n) is 5.23. The topological polar surface area (TPSA) is 95.6 Å². The average Bonchev–Trinajstić information content (AvgIpc) is 3.17. The molecule has 35 heavy (non-hydrogen) atoms. The molecule has 2 N–H and O–H groups in total. The fraction of sp³-hybridized carbons (Fsp3) is 0.481. The van der Waals surface area contributed by atoms with E-state index < -0.39 is 10.0 Å². The maximum atomic E-state index is 12.9. The monoisotopic (exact) mass is 497 g/mol. The number of hydrogen-bond acceptors (Lipinski definition) is 4. The molecule has 4 rings (SSSR count). The average molecular weight is 498 g/mol. The van der Waals surface area contributed by atoms with Gasteiger partial charge in [0.15, 0.2) is 0 Å². The number of carbonyl (C=O) groups excluding carboxylic acids is 2. The molecular formula is C27H35N3O4S. The van der Waals surface area contributed by atoms with Gasteiger partial charge >= 0.3 is 0 Å². The lowest BCUT2D eigenvalue weighted by molar-refractivity contribution is -0.126. The van der Waals surface area contributed by atoms with E-state index in [1.165, 1.54) is 12.5 Å². The van der Waals surface area contributed by atoms with Gasteiger partial charge in [0.2, 0.25) is 21.8 Å². The number of aryl methyl sites for hydroxylation is 1. The number of rotatable bonds is 7. The van der Waals surface area contributed by atoms with Gasteiger partial charge < -0.3 is 10.2 Å². The van der Waals surface area contributed by atoms with Crippen LogP contribution >= 0.6 is 0 Å². The summed E-state index contributed by atoms with van der Waals surface area (Å²) in [5, 5.41) is 3.04. The third kappa shape index (κ3) is 5.93. The minimum atomic E-state index is -3.64. The molecule has 1 fully saturated rings. The quantitative estimate of drug-likeness (QED) is 0.610. The molecule has 0 unspecified atom stereocenters. The fourth-order valence-corrected chi connectivity index (χ4v) is 6.40. The number of nitrogens with one attached hydrogen (secondary N) is 2. The Morgan fingerprint density at radius 3 is 2.37 bits per heavy atom. The first kappa shape index (κ1) is 25.4. The first-order valence-corrected chi connectivity index (χ1v) is 13.9. The molecule has 2 amide bonds. The predicted octanol–water partition coefficient (Wildman–Crippen LogP) is 3.69. The molecule has 0 spiro atoms. The molecule has 8 heteroatoms. The highest BCUT2D eigenvalue weighted by atomic mass is 32.2. The second-order valence-corrected chi connectivity index (χ2v) is 11.8. The van der Waals surface area contributed by atoms with Crippen molar-refractivity contribution < 1.29 is 18.0 Å². The van der Waals surface area contributed by atoms with Gasteiger partial charge in [0.05, 0.1) is 4.90 Å². The van der Waals surface area contributed by atoms with Crippen LogP contribution in [-0.4, -0.2) is 32.8 Å². The van der Waals surface area contributed by atoms with Crippen LogP contribution in [0.5, 0.6) is 0 Å². The van der Waals surface area contributed by atoms with Crippen molar-refractivity contribution in [2.75, 3.05) is 11.4 Å². The van der Waals surface area contributed by atoms with Crippen molar-refractivity contribution in [1.29, 1.82) is 0 Å². The molecule has 188 valence electrons. The highest BCUT2D eigenvalue weighted by Crippen LogP contribution is 2.34. The smallest absolute Gasteiger partial charge is 0.240 e. The number of anilines is 1. The standard InChI is InChI=1S/C27H35N3O4S/c1-18-4-6-21(7-5-18)16-28-27(32)23-10-8-22(9-11-23)17-29-35(33,34)25-12-13-26-24(15-25)14-19(2)30(26)20(3)31/h4-7,12-13,15,19,22-23,29H,8-11,14,16-17H2,1-3H3,(H,28,32)/t19-,22?,23?/m0/s1. The predicted molar refractivity (Wildman–Crippen MR) is 136 cm³/mol. The zero-order valence-electron chi connectivity index (χ0n) is 20.7. The van der Waals surface area contributed by atoms with E-state index >= 15 is 0 Å². The summed E-state index contributed by atoms with van der Waals surface area (Å²) in [5.41, 5.74) is 3.96. The largest absolute Gasteiger partial charge is 0.352 e. The molecule has 7 nitrogen and oxygen atoms in total. The molecule has 0 radical (unpaired) electrons. The second kappa shape index (κ2) is 10.5. The highest BCUT2D eigenvalue weighted by Gasteiger charge is 2.31. The summed E-state index contributed by atoms with van der Waals surface area (Å²) in [7, 11) is -3.64. The van der Waals surface area contributed by atoms with Crippen LogP contribution in [0.3, 0.4) is 0 Å². The summed E-state index contributed by atoms with van der Waals surface area (Å²) in [4.78, 5) is 26.5. The van der Waals surface area contributed by atoms with Crippen LogP contribution < -0.4 is 14.9 Å². The van der Waals surface area contributed by atoms with Gasteiger partial charge in [-0.1, -0.05) is 29.8 Å². The summed E-state index contributed by atoms with van der Waals surface area (Å²) in [5.74, 6) is 0.241. The number of benzene rings is 2. The third-order valence-corrected chi connectivity index (χ3v) is 8.70. The second-order valence-electron chi connectivity index (χ2n) is 10.0. The van der Waals surface area contributed by atoms with Gasteiger partial charge in [-0.3, -0.25) is 9.59 Å². The van der Waals surface area contributed by atoms with Crippen LogP contribution in [0.4, 0.5) is 5.69 Å². The Bertz CT molecular complexity index is 1190. The van der Waals surface area contributed by atoms with Gasteiger partial charge in [0.1, 0.15) is 0 Å². The van der Waals surface area contributed by atoms with Crippen LogP contribution in [0.15, 0.2) is 47.4 Å². The normalized spacial score (nSPS) is 22.0. The summed E-state index contributed by atoms with van der Waals surface area (Å²) in [6, 6.07) is 13.2. The Labute approximate surface area is 208 Å². The van der Waals surface area contributed by atoms with E-state index in [1.807, 2.05) is 38.1 Å². The summed E-state index contributed by atoms with van der Waals surface area (Å²) < 4.78 is 28.6. The summed E-state index contributed by atoms with van der Waals surface area (Å²) in [6.45, 7) is 6.43. The van der Waals surface area contributed by atoms with Crippen molar-refractivity contribution in [2.45, 2.75) is 70.4 Å². The van der Waals surface area contributed by atoms with Gasteiger partial charge in [-0.15, -0.1) is 0 Å². The Hall–Kier alpha value is -2.71. The van der Waals surface area contributed by atoms with Crippen molar-refractivity contribution in [1.82, 2.24) is 10.0 Å². The summed E-state index contributed by atoms with van der Waals surface area (Å²) in [6.07, 6.45) is 3.82. The SMILES string of the molecule is CC(=O)N1c2ccc(S(=O)(=O)NCC3CCC(C(=O)NCc4ccc(C)cc4)CC3)cc2C[C@@H]1C. The molecular weight excluding hydrogens is 462 g/mol. The van der Waals surface area contributed by atoms with Gasteiger partial charge in [-0.25, -0.2) is 13.1 Å². The number of fused-ring (bicyclic) bond motifs is 1. The molecule has 0 bridgehead atoms. The van der Waals surface area contributed by atoms with Crippen molar-refractivity contribution in [3.63, 3.8) is 0 Å². The number of hydrogen-bond donors (Lipinski definition) is 2. The first-order valence-electron chi connectivity index (χ1n) is 12.4. The number of carbonyl (C=O) groups is 2. The molecule has 1 atom stereocenters. The van der Waals surface area contributed by atoms with Gasteiger partial charge in [-0.05, 0) is 81.2 Å². The highest BCUT2D eigenvalue weighted by molar-refractivity contribution is 7.89. The lowest BCUT2D eigenvalue weighted by Gasteiger charge is -2.28. The lowest BCUT2D eigenvalue weighted by Crippen LogP contribution is -2.36. The van der Waals surface area contributed by atoms with E-state index in [4.69, 9.17) is 0 Å². The number of sulfonamides is 1. The van der Waals surface area contributed by atoms with Crippen LogP contribution in [0.25, 0.3) is 0 Å². The summed E-state index contributed by atoms with van der Waals surface area (Å²) >= 11 is 0. The molecule has 0 saturated heterocycles. The zero-order chi connectivity index (χ0) is 25.2. The van der Waals surface area contributed by atoms with Crippen LogP contribution in [0.1, 0.15) is 56.2 Å². The Morgan fingerprint density at radius 2 is 1.71 bits per heavy atom. The van der Waals surface area contributed by atoms with Crippen LogP contribution in [0, 0.1) is 18.8 Å². The van der Waals surface area contributed by atoms with Crippen molar-refractivity contribution in [2.24, 2.45) is 11.8 Å². The minimum absolute atomic E-state index is 0.0174. The van der Waals surface area contributed by atoms with Crippen LogP contribution in [-0.2, 0) is 32.6 Å². The van der Waals surface area contributed by atoms with Crippen LogP contribution in [0.2, 0.25) is 0 Å². The molecule has 2 aliphatic rings. The van der Waals surface area contributed by atoms with E-state index in [0.29, 0.717) is 19.5 Å². The molecule has 2 aromatic rings. The van der Waals surface area contributed by atoms with Gasteiger partial charge in [-0.2, -0.15) is 0 Å². The van der Waals surface area contributed by atoms with Crippen molar-refractivity contribution in [3.05, 3.63) is 59.2 Å². The maximum Gasteiger partial charge on any atom is 0.240 e. The van der Waals surface area contributed by atoms with E-state index in [0.717, 1.165) is 42.5 Å². The first-order chi connectivity index (χ1) is 16.6. The Balaban J connectivity index is 1.26. The van der Waals surface area contributed by atoms with Gasteiger partial charge in [0.25, 0.3) is 0 Å². The molecule has 1 aliphatic heterocycles. The lowest BCUT2D eigenvalue weighted by atomic mass is 9.81.